The van der Waals surface area contributed by atoms with Crippen LogP contribution in [0.15, 0.2) is 0 Å². The molecule has 2 N–H and O–H groups in total. The Morgan fingerprint density at radius 3 is 3.09 bits per heavy atom. The van der Waals surface area contributed by atoms with Crippen LogP contribution in [0.5, 0.6) is 0 Å². The predicted molar refractivity (Wildman–Crippen MR) is 41.7 cm³/mol. The number of nitrogens with zero attached hydrogens (tertiary/aromatic N) is 2. The van der Waals surface area contributed by atoms with Crippen LogP contribution in [-0.4, -0.2) is 21.7 Å². The summed E-state index contributed by atoms with van der Waals surface area (Å²) in [5, 5.41) is 9.65. The first-order valence-electron chi connectivity index (χ1n) is 3.35. The number of H-pyrrole nitrogens is 1. The van der Waals surface area contributed by atoms with Gasteiger partial charge in [-0.2, -0.15) is 5.10 Å². The Morgan fingerprint density at radius 2 is 2.55 bits per heavy atom. The van der Waals surface area contributed by atoms with Crippen molar-refractivity contribution in [1.82, 2.24) is 20.5 Å². The number of aromatic amines is 1. The largest absolute Gasteiger partial charge is 0.299 e. The summed E-state index contributed by atoms with van der Waals surface area (Å²) in [6.45, 7) is 3.03. The van der Waals surface area contributed by atoms with Crippen molar-refractivity contribution < 1.29 is 0 Å². The number of hydrogen-bond acceptors (Lipinski definition) is 3. The third-order valence-corrected chi connectivity index (χ3v) is 1.15. The van der Waals surface area contributed by atoms with Gasteiger partial charge in [-0.25, -0.2) is 4.98 Å². The van der Waals surface area contributed by atoms with Gasteiger partial charge in [0.15, 0.2) is 5.82 Å². The zero-order valence-corrected chi connectivity index (χ0v) is 6.39. The molecule has 11 heavy (non-hydrogen) atoms. The van der Waals surface area contributed by atoms with Crippen LogP contribution in [0.25, 0.3) is 0 Å². The van der Waals surface area contributed by atoms with E-state index in [0.29, 0.717) is 13.1 Å². The van der Waals surface area contributed by atoms with Crippen LogP contribution in [-0.2, 0) is 6.54 Å². The van der Waals surface area contributed by atoms with Crippen LogP contribution < -0.4 is 5.32 Å². The number of aromatic nitrogens is 3. The first kappa shape index (κ1) is 7.76. The van der Waals surface area contributed by atoms with E-state index in [-0.39, 0.29) is 0 Å². The fourth-order valence-corrected chi connectivity index (χ4v) is 0.715. The summed E-state index contributed by atoms with van der Waals surface area (Å²) in [4.78, 5) is 4.08. The minimum absolute atomic E-state index is 0.549. The van der Waals surface area contributed by atoms with Gasteiger partial charge < -0.3 is 0 Å². The molecule has 0 aliphatic heterocycles. The van der Waals surface area contributed by atoms with Crippen LogP contribution in [0.2, 0.25) is 0 Å². The zero-order valence-electron chi connectivity index (χ0n) is 6.39. The number of terminal acetylenes is 1. The van der Waals surface area contributed by atoms with Crippen molar-refractivity contribution >= 4 is 0 Å². The smallest absolute Gasteiger partial charge is 0.164 e. The number of rotatable bonds is 3. The summed E-state index contributed by atoms with van der Waals surface area (Å²) >= 11 is 0. The molecule has 4 heteroatoms. The van der Waals surface area contributed by atoms with E-state index in [2.05, 4.69) is 26.4 Å². The minimum atomic E-state index is 0.549. The Morgan fingerprint density at radius 1 is 1.73 bits per heavy atom. The van der Waals surface area contributed by atoms with Crippen LogP contribution in [0.4, 0.5) is 0 Å². The second kappa shape index (κ2) is 3.74. The molecule has 0 aromatic carbocycles. The molecular weight excluding hydrogens is 140 g/mol. The van der Waals surface area contributed by atoms with E-state index in [1.54, 1.807) is 0 Å². The Hall–Kier alpha value is -1.34. The van der Waals surface area contributed by atoms with Gasteiger partial charge in [0.25, 0.3) is 0 Å². The molecule has 0 bridgehead atoms. The maximum absolute atomic E-state index is 5.04. The quantitative estimate of drug-likeness (QED) is 0.465. The molecule has 58 valence electrons. The summed E-state index contributed by atoms with van der Waals surface area (Å²) in [6, 6.07) is 0. The molecule has 1 heterocycles. The van der Waals surface area contributed by atoms with E-state index >= 15 is 0 Å². The molecule has 1 aromatic rings. The molecule has 0 saturated heterocycles. The van der Waals surface area contributed by atoms with Crippen LogP contribution in [0, 0.1) is 19.3 Å². The molecule has 1 rings (SSSR count). The first-order valence-corrected chi connectivity index (χ1v) is 3.35. The average Bonchev–Trinajstić information content (AvgIpc) is 2.37. The minimum Gasteiger partial charge on any atom is -0.299 e. The molecule has 0 spiro atoms. The molecule has 1 aromatic heterocycles. The lowest BCUT2D eigenvalue weighted by atomic mass is 10.5. The molecule has 0 aliphatic carbocycles. The summed E-state index contributed by atoms with van der Waals surface area (Å²) in [6.07, 6.45) is 5.04. The van der Waals surface area contributed by atoms with Crippen LogP contribution in [0.1, 0.15) is 11.6 Å². The summed E-state index contributed by atoms with van der Waals surface area (Å²) in [5.74, 6) is 4.04. The molecule has 0 radical (unpaired) electrons. The SMILES string of the molecule is C#CCNCc1n[nH]c(C)n1. The van der Waals surface area contributed by atoms with Crippen molar-refractivity contribution in [2.45, 2.75) is 13.5 Å². The van der Waals surface area contributed by atoms with Crippen molar-refractivity contribution in [3.05, 3.63) is 11.6 Å². The van der Waals surface area contributed by atoms with Gasteiger partial charge in [-0.05, 0) is 6.92 Å². The summed E-state index contributed by atoms with van der Waals surface area (Å²) < 4.78 is 0. The molecule has 0 atom stereocenters. The van der Waals surface area contributed by atoms with Gasteiger partial charge >= 0.3 is 0 Å². The van der Waals surface area contributed by atoms with E-state index in [1.165, 1.54) is 0 Å². The monoisotopic (exact) mass is 150 g/mol. The molecule has 0 amide bonds. The third-order valence-electron chi connectivity index (χ3n) is 1.15. The number of hydrogen-bond donors (Lipinski definition) is 2. The molecular formula is C7H10N4. The highest BCUT2D eigenvalue weighted by molar-refractivity contribution is 4.90. The number of nitrogens with one attached hydrogen (secondary N) is 2. The fraction of sp³-hybridized carbons (Fsp3) is 0.429. The Labute approximate surface area is 65.4 Å². The van der Waals surface area contributed by atoms with E-state index in [0.717, 1.165) is 11.6 Å². The van der Waals surface area contributed by atoms with Crippen molar-refractivity contribution in [3.63, 3.8) is 0 Å². The topological polar surface area (TPSA) is 53.6 Å². The van der Waals surface area contributed by atoms with Gasteiger partial charge in [0.1, 0.15) is 5.82 Å². The third kappa shape index (κ3) is 2.40. The van der Waals surface area contributed by atoms with E-state index in [4.69, 9.17) is 6.42 Å². The lowest BCUT2D eigenvalue weighted by Gasteiger charge is -1.92. The highest BCUT2D eigenvalue weighted by atomic mass is 15.2. The Kier molecular flexibility index (Phi) is 2.64. The second-order valence-corrected chi connectivity index (χ2v) is 2.14. The molecule has 4 nitrogen and oxygen atoms in total. The van der Waals surface area contributed by atoms with E-state index in [1.807, 2.05) is 6.92 Å². The molecule has 0 fully saturated rings. The lowest BCUT2D eigenvalue weighted by molar-refractivity contribution is 0.727. The fourth-order valence-electron chi connectivity index (χ4n) is 0.715. The second-order valence-electron chi connectivity index (χ2n) is 2.14. The molecule has 0 unspecified atom stereocenters. The van der Waals surface area contributed by atoms with Gasteiger partial charge in [0.05, 0.1) is 13.1 Å². The zero-order chi connectivity index (χ0) is 8.10. The summed E-state index contributed by atoms with van der Waals surface area (Å²) in [7, 11) is 0. The van der Waals surface area contributed by atoms with Gasteiger partial charge in [-0.15, -0.1) is 6.42 Å². The van der Waals surface area contributed by atoms with Gasteiger partial charge in [-0.1, -0.05) is 5.92 Å². The first-order chi connectivity index (χ1) is 5.33. The van der Waals surface area contributed by atoms with Crippen molar-refractivity contribution in [3.8, 4) is 12.3 Å². The maximum Gasteiger partial charge on any atom is 0.164 e. The van der Waals surface area contributed by atoms with E-state index in [9.17, 15) is 0 Å². The van der Waals surface area contributed by atoms with Crippen LogP contribution >= 0.6 is 0 Å². The van der Waals surface area contributed by atoms with E-state index < -0.39 is 0 Å². The lowest BCUT2D eigenvalue weighted by Crippen LogP contribution is -2.13. The molecule has 0 saturated carbocycles. The van der Waals surface area contributed by atoms with Crippen molar-refractivity contribution in [1.29, 1.82) is 0 Å². The highest BCUT2D eigenvalue weighted by Crippen LogP contribution is 1.88. The standard InChI is InChI=1S/C7H10N4/c1-3-4-8-5-7-9-6(2)10-11-7/h1,8H,4-5H2,2H3,(H,9,10,11). The average molecular weight is 150 g/mol. The van der Waals surface area contributed by atoms with Crippen LogP contribution in [0.3, 0.4) is 0 Å². The highest BCUT2D eigenvalue weighted by Gasteiger charge is 1.96. The molecule has 0 aliphatic rings. The van der Waals surface area contributed by atoms with Crippen molar-refractivity contribution in [2.75, 3.05) is 6.54 Å². The Bertz CT molecular complexity index is 258. The Balaban J connectivity index is 2.34. The normalized spacial score (nSPS) is 9.45. The number of aryl methyl sites for hydroxylation is 1. The summed E-state index contributed by atoms with van der Waals surface area (Å²) in [5.41, 5.74) is 0. The predicted octanol–water partition coefficient (Wildman–Crippen LogP) is -0.164. The maximum atomic E-state index is 5.04. The van der Waals surface area contributed by atoms with Gasteiger partial charge in [0.2, 0.25) is 0 Å². The van der Waals surface area contributed by atoms with Crippen molar-refractivity contribution in [2.24, 2.45) is 0 Å². The van der Waals surface area contributed by atoms with Gasteiger partial charge in [0, 0.05) is 0 Å². The van der Waals surface area contributed by atoms with Gasteiger partial charge in [-0.3, -0.25) is 10.4 Å².